The van der Waals surface area contributed by atoms with Crippen molar-refractivity contribution in [3.8, 4) is 0 Å². The second-order valence-corrected chi connectivity index (χ2v) is 6.14. The number of hydrogen-bond donors (Lipinski definition) is 1. The van der Waals surface area contributed by atoms with Crippen molar-refractivity contribution >= 4 is 11.6 Å². The Kier molecular flexibility index (Phi) is 5.02. The van der Waals surface area contributed by atoms with Crippen LogP contribution in [0.4, 0.5) is 5.69 Å². The number of para-hydroxylation sites is 1. The van der Waals surface area contributed by atoms with Crippen LogP contribution in [-0.4, -0.2) is 44.9 Å². The van der Waals surface area contributed by atoms with Gasteiger partial charge in [-0.25, -0.2) is 0 Å². The first-order valence-corrected chi connectivity index (χ1v) is 8.16. The topological polar surface area (TPSA) is 63.1 Å². The first-order chi connectivity index (χ1) is 11.2. The molecule has 1 aliphatic rings. The summed E-state index contributed by atoms with van der Waals surface area (Å²) in [5.41, 5.74) is 0.852. The molecule has 0 spiro atoms. The molecule has 3 rings (SSSR count). The molecule has 0 radical (unpaired) electrons. The van der Waals surface area contributed by atoms with Gasteiger partial charge in [-0.05, 0) is 50.9 Å². The Balaban J connectivity index is 1.47. The second-order valence-electron chi connectivity index (χ2n) is 6.14. The minimum atomic E-state index is -0.109. The molecule has 0 saturated carbocycles. The maximum absolute atomic E-state index is 12.4. The average Bonchev–Trinajstić information content (AvgIpc) is 3.09. The zero-order valence-corrected chi connectivity index (χ0v) is 13.4. The first-order valence-electron chi connectivity index (χ1n) is 8.16. The summed E-state index contributed by atoms with van der Waals surface area (Å²) in [5.74, 6) is 0.670. The third-order valence-electron chi connectivity index (χ3n) is 4.53. The zero-order valence-electron chi connectivity index (χ0n) is 13.4. The van der Waals surface area contributed by atoms with Crippen LogP contribution in [0.15, 0.2) is 42.7 Å². The van der Waals surface area contributed by atoms with Gasteiger partial charge in [-0.2, -0.15) is 0 Å². The molecule has 0 bridgehead atoms. The van der Waals surface area contributed by atoms with Gasteiger partial charge in [0, 0.05) is 18.4 Å². The number of amides is 1. The molecule has 122 valence electrons. The molecule has 1 amide bonds. The van der Waals surface area contributed by atoms with Crippen molar-refractivity contribution in [1.29, 1.82) is 0 Å². The van der Waals surface area contributed by atoms with E-state index in [4.69, 9.17) is 0 Å². The molecule has 6 nitrogen and oxygen atoms in total. The van der Waals surface area contributed by atoms with Crippen LogP contribution < -0.4 is 5.32 Å². The zero-order chi connectivity index (χ0) is 16.1. The minimum Gasteiger partial charge on any atom is -0.325 e. The van der Waals surface area contributed by atoms with Crippen molar-refractivity contribution < 1.29 is 4.79 Å². The molecule has 1 atom stereocenters. The maximum atomic E-state index is 12.4. The van der Waals surface area contributed by atoms with Crippen LogP contribution in [0.3, 0.4) is 0 Å². The SMILES string of the molecule is CC(C(=O)Nc1ccccc1)N1CCC(Cn2ccnn2)CC1. The number of anilines is 1. The van der Waals surface area contributed by atoms with Crippen molar-refractivity contribution in [3.05, 3.63) is 42.7 Å². The number of benzene rings is 1. The largest absolute Gasteiger partial charge is 0.325 e. The van der Waals surface area contributed by atoms with E-state index in [1.807, 2.05) is 48.1 Å². The minimum absolute atomic E-state index is 0.0610. The lowest BCUT2D eigenvalue weighted by Crippen LogP contribution is -2.46. The fourth-order valence-corrected chi connectivity index (χ4v) is 3.05. The van der Waals surface area contributed by atoms with Gasteiger partial charge >= 0.3 is 0 Å². The maximum Gasteiger partial charge on any atom is 0.241 e. The summed E-state index contributed by atoms with van der Waals surface area (Å²) < 4.78 is 1.89. The number of nitrogens with zero attached hydrogens (tertiary/aromatic N) is 4. The van der Waals surface area contributed by atoms with Gasteiger partial charge in [0.2, 0.25) is 5.91 Å². The number of hydrogen-bond acceptors (Lipinski definition) is 4. The fraction of sp³-hybridized carbons (Fsp3) is 0.471. The molecule has 0 aliphatic carbocycles. The summed E-state index contributed by atoms with van der Waals surface area (Å²) in [6.07, 6.45) is 5.79. The van der Waals surface area contributed by atoms with Crippen molar-refractivity contribution in [1.82, 2.24) is 19.9 Å². The smallest absolute Gasteiger partial charge is 0.241 e. The highest BCUT2D eigenvalue weighted by molar-refractivity contribution is 5.94. The van der Waals surface area contributed by atoms with Gasteiger partial charge in [0.25, 0.3) is 0 Å². The van der Waals surface area contributed by atoms with E-state index in [2.05, 4.69) is 20.5 Å². The Hall–Kier alpha value is -2.21. The number of carbonyl (C=O) groups is 1. The highest BCUT2D eigenvalue weighted by Crippen LogP contribution is 2.21. The lowest BCUT2D eigenvalue weighted by atomic mass is 9.96. The molecule has 23 heavy (non-hydrogen) atoms. The molecule has 1 N–H and O–H groups in total. The summed E-state index contributed by atoms with van der Waals surface area (Å²) >= 11 is 0. The normalized spacial score (nSPS) is 17.8. The van der Waals surface area contributed by atoms with E-state index in [9.17, 15) is 4.79 Å². The van der Waals surface area contributed by atoms with Gasteiger partial charge < -0.3 is 5.32 Å². The number of piperidine rings is 1. The van der Waals surface area contributed by atoms with E-state index in [0.29, 0.717) is 5.92 Å². The van der Waals surface area contributed by atoms with Crippen LogP contribution in [0.25, 0.3) is 0 Å². The lowest BCUT2D eigenvalue weighted by Gasteiger charge is -2.35. The summed E-state index contributed by atoms with van der Waals surface area (Å²) in [6, 6.07) is 9.51. The van der Waals surface area contributed by atoms with Gasteiger partial charge in [-0.15, -0.1) is 5.10 Å². The van der Waals surface area contributed by atoms with Gasteiger partial charge in [0.05, 0.1) is 12.2 Å². The van der Waals surface area contributed by atoms with Crippen LogP contribution >= 0.6 is 0 Å². The van der Waals surface area contributed by atoms with E-state index >= 15 is 0 Å². The van der Waals surface area contributed by atoms with Gasteiger partial charge in [-0.1, -0.05) is 23.4 Å². The molecular weight excluding hydrogens is 290 g/mol. The third-order valence-corrected chi connectivity index (χ3v) is 4.53. The number of rotatable bonds is 5. The molecule has 1 aromatic carbocycles. The Morgan fingerprint density at radius 3 is 2.70 bits per heavy atom. The van der Waals surface area contributed by atoms with Crippen molar-refractivity contribution in [2.24, 2.45) is 5.92 Å². The number of carbonyl (C=O) groups excluding carboxylic acids is 1. The van der Waals surface area contributed by atoms with Crippen LogP contribution in [0.5, 0.6) is 0 Å². The summed E-state index contributed by atoms with van der Waals surface area (Å²) in [5, 5.41) is 10.9. The molecule has 6 heteroatoms. The Morgan fingerprint density at radius 2 is 2.04 bits per heavy atom. The Bertz CT molecular complexity index is 605. The Morgan fingerprint density at radius 1 is 1.30 bits per heavy atom. The second kappa shape index (κ2) is 7.37. The highest BCUT2D eigenvalue weighted by Gasteiger charge is 2.26. The third kappa shape index (κ3) is 4.16. The van der Waals surface area contributed by atoms with E-state index < -0.39 is 0 Å². The van der Waals surface area contributed by atoms with Crippen LogP contribution in [0.2, 0.25) is 0 Å². The van der Waals surface area contributed by atoms with Crippen LogP contribution in [-0.2, 0) is 11.3 Å². The first kappa shape index (κ1) is 15.7. The van der Waals surface area contributed by atoms with E-state index in [1.54, 1.807) is 6.20 Å². The summed E-state index contributed by atoms with van der Waals surface area (Å²) in [6.45, 7) is 4.79. The highest BCUT2D eigenvalue weighted by atomic mass is 16.2. The van der Waals surface area contributed by atoms with E-state index in [0.717, 1.165) is 38.2 Å². The van der Waals surface area contributed by atoms with Crippen molar-refractivity contribution in [3.63, 3.8) is 0 Å². The standard InChI is InChI=1S/C17H23N5O/c1-14(17(23)19-16-5-3-2-4-6-16)21-10-7-15(8-11-21)13-22-12-9-18-20-22/h2-6,9,12,14-15H,7-8,10-11,13H2,1H3,(H,19,23). The Labute approximate surface area is 136 Å². The van der Waals surface area contributed by atoms with Crippen molar-refractivity contribution in [2.45, 2.75) is 32.4 Å². The molecule has 2 heterocycles. The van der Waals surface area contributed by atoms with Gasteiger partial charge in [0.15, 0.2) is 0 Å². The van der Waals surface area contributed by atoms with Crippen molar-refractivity contribution in [2.75, 3.05) is 18.4 Å². The summed E-state index contributed by atoms with van der Waals surface area (Å²) in [4.78, 5) is 14.6. The van der Waals surface area contributed by atoms with Gasteiger partial charge in [0.1, 0.15) is 0 Å². The van der Waals surface area contributed by atoms with Gasteiger partial charge in [-0.3, -0.25) is 14.4 Å². The fourth-order valence-electron chi connectivity index (χ4n) is 3.05. The average molecular weight is 313 g/mol. The lowest BCUT2D eigenvalue weighted by molar-refractivity contribution is -0.121. The van der Waals surface area contributed by atoms with Crippen LogP contribution in [0, 0.1) is 5.92 Å². The molecule has 1 aromatic heterocycles. The number of likely N-dealkylation sites (tertiary alicyclic amines) is 1. The molecule has 1 aliphatic heterocycles. The predicted molar refractivity (Wildman–Crippen MR) is 88.9 cm³/mol. The molecule has 2 aromatic rings. The van der Waals surface area contributed by atoms with E-state index in [1.165, 1.54) is 0 Å². The molecule has 1 fully saturated rings. The predicted octanol–water partition coefficient (Wildman–Crippen LogP) is 2.02. The van der Waals surface area contributed by atoms with Crippen LogP contribution in [0.1, 0.15) is 19.8 Å². The number of aromatic nitrogens is 3. The molecule has 1 unspecified atom stereocenters. The quantitative estimate of drug-likeness (QED) is 0.917. The monoisotopic (exact) mass is 313 g/mol. The van der Waals surface area contributed by atoms with E-state index in [-0.39, 0.29) is 11.9 Å². The molecule has 1 saturated heterocycles. The number of nitrogens with one attached hydrogen (secondary N) is 1. The molecular formula is C17H23N5O. The summed E-state index contributed by atoms with van der Waals surface area (Å²) in [7, 11) is 0.